The van der Waals surface area contributed by atoms with Crippen LogP contribution in [0.25, 0.3) is 5.70 Å². The largest absolute Gasteiger partial charge is 0.378 e. The lowest BCUT2D eigenvalue weighted by Crippen LogP contribution is -2.43. The van der Waals surface area contributed by atoms with Gasteiger partial charge in [0, 0.05) is 50.0 Å². The van der Waals surface area contributed by atoms with Crippen molar-refractivity contribution in [3.05, 3.63) is 34.7 Å². The van der Waals surface area contributed by atoms with Crippen LogP contribution in [-0.2, 0) is 16.0 Å². The molecule has 0 unspecified atom stereocenters. The van der Waals surface area contributed by atoms with Crippen LogP contribution in [0.4, 0.5) is 0 Å². The number of methoxy groups -OCH3 is 1. The third-order valence-electron chi connectivity index (χ3n) is 5.90. The lowest BCUT2D eigenvalue weighted by atomic mass is 9.86. The molecule has 25 heavy (non-hydrogen) atoms. The third kappa shape index (κ3) is 2.87. The molecule has 4 rings (SSSR count). The second-order valence-corrected chi connectivity index (χ2v) is 7.65. The van der Waals surface area contributed by atoms with Gasteiger partial charge < -0.3 is 9.64 Å². The van der Waals surface area contributed by atoms with Crippen molar-refractivity contribution in [2.24, 2.45) is 0 Å². The number of carbonyl (C=O) groups excluding carboxylic acids is 1. The van der Waals surface area contributed by atoms with E-state index in [2.05, 4.69) is 28.8 Å². The van der Waals surface area contributed by atoms with Crippen LogP contribution in [-0.4, -0.2) is 41.5 Å². The molecule has 0 bridgehead atoms. The van der Waals surface area contributed by atoms with E-state index in [1.807, 2.05) is 6.20 Å². The summed E-state index contributed by atoms with van der Waals surface area (Å²) in [4.78, 5) is 19.4. The summed E-state index contributed by atoms with van der Waals surface area (Å²) in [6.07, 6.45) is 12.3. The summed E-state index contributed by atoms with van der Waals surface area (Å²) in [5, 5.41) is 0. The van der Waals surface area contributed by atoms with Gasteiger partial charge in [-0.1, -0.05) is 5.92 Å². The Morgan fingerprint density at radius 2 is 2.08 bits per heavy atom. The highest BCUT2D eigenvalue weighted by Gasteiger charge is 2.35. The number of Topliss-reactive ketones (excluding diaryl/α,β-unsaturated/α-hetero) is 1. The number of ether oxygens (including phenoxy) is 1. The van der Waals surface area contributed by atoms with Crippen LogP contribution >= 0.6 is 0 Å². The van der Waals surface area contributed by atoms with Crippen molar-refractivity contribution in [2.45, 2.75) is 50.5 Å². The molecule has 0 N–H and O–H groups in total. The Hall–Kier alpha value is -2.12. The summed E-state index contributed by atoms with van der Waals surface area (Å²) >= 11 is 0. The molecule has 1 aromatic rings. The molecule has 0 atom stereocenters. The minimum absolute atomic E-state index is 0.0334. The second kappa shape index (κ2) is 6.00. The molecule has 2 fully saturated rings. The van der Waals surface area contributed by atoms with E-state index in [0.717, 1.165) is 48.4 Å². The van der Waals surface area contributed by atoms with Crippen LogP contribution in [0.15, 0.2) is 17.8 Å². The molecular formula is C21H24N2O2. The topological polar surface area (TPSA) is 42.4 Å². The highest BCUT2D eigenvalue weighted by Crippen LogP contribution is 2.42. The van der Waals surface area contributed by atoms with Gasteiger partial charge in [-0.2, -0.15) is 0 Å². The molecule has 1 aliphatic heterocycles. The second-order valence-electron chi connectivity index (χ2n) is 7.65. The number of pyridine rings is 1. The maximum absolute atomic E-state index is 12.6. The Labute approximate surface area is 149 Å². The number of hydrogen-bond acceptors (Lipinski definition) is 4. The fraction of sp³-hybridized carbons (Fsp3) is 0.524. The van der Waals surface area contributed by atoms with E-state index in [0.29, 0.717) is 17.9 Å². The number of ketones is 1. The number of hydrogen-bond donors (Lipinski definition) is 0. The lowest BCUT2D eigenvalue weighted by Gasteiger charge is -2.41. The van der Waals surface area contributed by atoms with Crippen LogP contribution in [0, 0.1) is 12.3 Å². The lowest BCUT2D eigenvalue weighted by molar-refractivity contribution is -0.114. The van der Waals surface area contributed by atoms with Crippen molar-refractivity contribution < 1.29 is 9.53 Å². The van der Waals surface area contributed by atoms with Crippen molar-refractivity contribution in [3.8, 4) is 12.3 Å². The number of aromatic nitrogens is 1. The molecule has 4 heteroatoms. The predicted molar refractivity (Wildman–Crippen MR) is 96.9 cm³/mol. The quantitative estimate of drug-likeness (QED) is 0.796. The maximum Gasteiger partial charge on any atom is 0.177 e. The van der Waals surface area contributed by atoms with E-state index >= 15 is 0 Å². The third-order valence-corrected chi connectivity index (χ3v) is 5.90. The summed E-state index contributed by atoms with van der Waals surface area (Å²) in [5.74, 6) is 3.29. The van der Waals surface area contributed by atoms with Crippen LogP contribution in [0.1, 0.15) is 55.3 Å². The van der Waals surface area contributed by atoms with Crippen LogP contribution < -0.4 is 0 Å². The fourth-order valence-corrected chi connectivity index (χ4v) is 3.88. The molecular weight excluding hydrogens is 312 g/mol. The molecule has 2 aliphatic carbocycles. The zero-order chi connectivity index (χ0) is 17.6. The molecule has 0 amide bonds. The van der Waals surface area contributed by atoms with Crippen LogP contribution in [0.5, 0.6) is 0 Å². The minimum Gasteiger partial charge on any atom is -0.378 e. The smallest absolute Gasteiger partial charge is 0.177 e. The van der Waals surface area contributed by atoms with Gasteiger partial charge in [0.05, 0.1) is 16.9 Å². The van der Waals surface area contributed by atoms with Gasteiger partial charge in [0.1, 0.15) is 0 Å². The highest BCUT2D eigenvalue weighted by atomic mass is 16.5. The van der Waals surface area contributed by atoms with Crippen molar-refractivity contribution in [1.29, 1.82) is 0 Å². The molecule has 0 radical (unpaired) electrons. The first-order valence-corrected chi connectivity index (χ1v) is 9.08. The van der Waals surface area contributed by atoms with Gasteiger partial charge in [0.25, 0.3) is 0 Å². The first-order valence-electron chi connectivity index (χ1n) is 9.08. The zero-order valence-electron chi connectivity index (χ0n) is 15.0. The number of likely N-dealkylation sites (tertiary alicyclic amines) is 1. The van der Waals surface area contributed by atoms with Crippen molar-refractivity contribution >= 4 is 11.5 Å². The molecule has 4 nitrogen and oxygen atoms in total. The number of terminal acetylenes is 1. The number of rotatable bonds is 3. The average Bonchev–Trinajstić information content (AvgIpc) is 3.46. The summed E-state index contributed by atoms with van der Waals surface area (Å²) in [7, 11) is 1.77. The summed E-state index contributed by atoms with van der Waals surface area (Å²) in [5.41, 5.74) is 4.64. The molecule has 130 valence electrons. The van der Waals surface area contributed by atoms with E-state index in [1.165, 1.54) is 12.8 Å². The number of carbonyl (C=O) groups is 1. The van der Waals surface area contributed by atoms with Gasteiger partial charge in [-0.3, -0.25) is 9.78 Å². The van der Waals surface area contributed by atoms with E-state index in [1.54, 1.807) is 7.11 Å². The molecule has 0 aromatic carbocycles. The SMILES string of the molecule is C#CC1=C(N2CCC(C)(OC)CC2)c2cc(C3CC3)ncc2CC1=O. The molecule has 1 saturated heterocycles. The Bertz CT molecular complexity index is 791. The first kappa shape index (κ1) is 16.4. The maximum atomic E-state index is 12.6. The van der Waals surface area contributed by atoms with Crippen molar-refractivity contribution in [2.75, 3.05) is 20.2 Å². The van der Waals surface area contributed by atoms with Crippen LogP contribution in [0.3, 0.4) is 0 Å². The Morgan fingerprint density at radius 1 is 1.36 bits per heavy atom. The normalized spacial score (nSPS) is 22.6. The zero-order valence-corrected chi connectivity index (χ0v) is 15.0. The summed E-state index contributed by atoms with van der Waals surface area (Å²) in [6, 6.07) is 2.18. The number of allylic oxidation sites excluding steroid dienone is 1. The molecule has 1 aromatic heterocycles. The minimum atomic E-state index is -0.0910. The fourth-order valence-electron chi connectivity index (χ4n) is 3.88. The molecule has 2 heterocycles. The van der Waals surface area contributed by atoms with E-state index in [4.69, 9.17) is 11.2 Å². The number of piperidine rings is 1. The van der Waals surface area contributed by atoms with Gasteiger partial charge in [-0.05, 0) is 44.2 Å². The van der Waals surface area contributed by atoms with Gasteiger partial charge in [0.15, 0.2) is 5.78 Å². The Kier molecular flexibility index (Phi) is 3.92. The van der Waals surface area contributed by atoms with Gasteiger partial charge >= 0.3 is 0 Å². The average molecular weight is 336 g/mol. The predicted octanol–water partition coefficient (Wildman–Crippen LogP) is 2.93. The number of nitrogens with zero attached hydrogens (tertiary/aromatic N) is 2. The van der Waals surface area contributed by atoms with E-state index in [9.17, 15) is 4.79 Å². The Morgan fingerprint density at radius 3 is 2.68 bits per heavy atom. The first-order chi connectivity index (χ1) is 12.0. The molecule has 3 aliphatic rings. The monoisotopic (exact) mass is 336 g/mol. The van der Waals surface area contributed by atoms with Crippen molar-refractivity contribution in [1.82, 2.24) is 9.88 Å². The Balaban J connectivity index is 1.75. The van der Waals surface area contributed by atoms with Gasteiger partial charge in [-0.15, -0.1) is 6.42 Å². The van der Waals surface area contributed by atoms with E-state index < -0.39 is 0 Å². The standard InChI is InChI=1S/C21H24N2O2/c1-4-16-19(24)11-15-13-22-18(14-5-6-14)12-17(15)20(16)23-9-7-21(2,25-3)8-10-23/h1,12-14H,5-11H2,2-3H3. The van der Waals surface area contributed by atoms with E-state index in [-0.39, 0.29) is 11.4 Å². The van der Waals surface area contributed by atoms with Crippen molar-refractivity contribution in [3.63, 3.8) is 0 Å². The summed E-state index contributed by atoms with van der Waals surface area (Å²) in [6.45, 7) is 3.84. The number of fused-ring (bicyclic) bond motifs is 1. The van der Waals surface area contributed by atoms with Gasteiger partial charge in [0.2, 0.25) is 0 Å². The van der Waals surface area contributed by atoms with Crippen LogP contribution in [0.2, 0.25) is 0 Å². The molecule has 0 spiro atoms. The molecule has 1 saturated carbocycles. The highest BCUT2D eigenvalue weighted by molar-refractivity contribution is 6.10. The summed E-state index contributed by atoms with van der Waals surface area (Å²) < 4.78 is 5.66. The van der Waals surface area contributed by atoms with Gasteiger partial charge in [-0.25, -0.2) is 0 Å².